The Kier molecular flexibility index (Phi) is 5.93. The van der Waals surface area contributed by atoms with Crippen molar-refractivity contribution in [3.63, 3.8) is 0 Å². The zero-order valence-corrected chi connectivity index (χ0v) is 19.4. The molecule has 3 fully saturated rings. The monoisotopic (exact) mass is 428 g/mol. The summed E-state index contributed by atoms with van der Waals surface area (Å²) in [6.45, 7) is 8.25. The Morgan fingerprint density at radius 2 is 1.84 bits per heavy atom. The number of carbonyl (C=O) groups excluding carboxylic acids is 2. The summed E-state index contributed by atoms with van der Waals surface area (Å²) in [4.78, 5) is 30.0. The minimum Gasteiger partial charge on any atom is -0.493 e. The van der Waals surface area contributed by atoms with Crippen LogP contribution in [-0.4, -0.2) is 60.5 Å². The first-order chi connectivity index (χ1) is 14.7. The van der Waals surface area contributed by atoms with Crippen molar-refractivity contribution in [3.8, 4) is 11.5 Å². The number of ether oxygens (including phenoxy) is 2. The van der Waals surface area contributed by atoms with Crippen LogP contribution in [0.4, 0.5) is 0 Å². The Hall–Kier alpha value is -2.24. The van der Waals surface area contributed by atoms with Gasteiger partial charge in [-0.1, -0.05) is 32.9 Å². The van der Waals surface area contributed by atoms with Gasteiger partial charge < -0.3 is 19.3 Å². The number of rotatable bonds is 8. The fraction of sp³-hybridized carbons (Fsp3) is 0.680. The smallest absolute Gasteiger partial charge is 0.260 e. The van der Waals surface area contributed by atoms with Gasteiger partial charge in [-0.05, 0) is 55.1 Å². The van der Waals surface area contributed by atoms with E-state index in [4.69, 9.17) is 9.47 Å². The third-order valence-electron chi connectivity index (χ3n) is 7.03. The van der Waals surface area contributed by atoms with Gasteiger partial charge in [0, 0.05) is 31.6 Å². The van der Waals surface area contributed by atoms with Crippen LogP contribution in [0.25, 0.3) is 0 Å². The molecule has 1 saturated heterocycles. The van der Waals surface area contributed by atoms with Crippen molar-refractivity contribution in [1.29, 1.82) is 0 Å². The first kappa shape index (κ1) is 22.0. The maximum atomic E-state index is 13.1. The van der Waals surface area contributed by atoms with Crippen LogP contribution in [0.3, 0.4) is 0 Å². The van der Waals surface area contributed by atoms with Gasteiger partial charge in [0.2, 0.25) is 5.91 Å². The molecule has 2 unspecified atom stereocenters. The van der Waals surface area contributed by atoms with E-state index in [-0.39, 0.29) is 29.9 Å². The molecule has 0 radical (unpaired) electrons. The molecule has 1 heterocycles. The standard InChI is InChI=1S/C25H36N2O4/c1-24(2)13-19-14-25(3,16-24)17-27(19)22(28)11-12-26(18-9-10-18)23(29)15-31-21-8-6-5-7-20(21)30-4/h5-8,18-19H,9-17H2,1-4H3. The van der Waals surface area contributed by atoms with Gasteiger partial charge in [0.05, 0.1) is 7.11 Å². The van der Waals surface area contributed by atoms with Gasteiger partial charge >= 0.3 is 0 Å². The molecule has 1 aliphatic heterocycles. The summed E-state index contributed by atoms with van der Waals surface area (Å²) < 4.78 is 11.0. The fourth-order valence-electron chi connectivity index (χ4n) is 5.97. The second kappa shape index (κ2) is 8.36. The molecule has 2 atom stereocenters. The Morgan fingerprint density at radius 1 is 1.13 bits per heavy atom. The van der Waals surface area contributed by atoms with Gasteiger partial charge in [-0.15, -0.1) is 0 Å². The van der Waals surface area contributed by atoms with Gasteiger partial charge in [-0.3, -0.25) is 9.59 Å². The first-order valence-electron chi connectivity index (χ1n) is 11.5. The minimum atomic E-state index is -0.0607. The van der Waals surface area contributed by atoms with Crippen molar-refractivity contribution in [2.45, 2.75) is 71.4 Å². The Labute approximate surface area is 185 Å². The van der Waals surface area contributed by atoms with Crippen LogP contribution in [0.15, 0.2) is 24.3 Å². The molecule has 31 heavy (non-hydrogen) atoms. The number of benzene rings is 1. The lowest BCUT2D eigenvalue weighted by Gasteiger charge is -2.39. The maximum Gasteiger partial charge on any atom is 0.260 e. The highest BCUT2D eigenvalue weighted by Crippen LogP contribution is 2.52. The van der Waals surface area contributed by atoms with E-state index in [2.05, 4.69) is 25.7 Å². The lowest BCUT2D eigenvalue weighted by molar-refractivity contribution is -0.136. The number of likely N-dealkylation sites (tertiary alicyclic amines) is 1. The second-order valence-corrected chi connectivity index (χ2v) is 10.7. The molecule has 3 aliphatic rings. The van der Waals surface area contributed by atoms with E-state index >= 15 is 0 Å². The molecule has 6 nitrogen and oxygen atoms in total. The van der Waals surface area contributed by atoms with Gasteiger partial charge in [-0.25, -0.2) is 0 Å². The van der Waals surface area contributed by atoms with E-state index in [0.29, 0.717) is 35.9 Å². The molecule has 1 aromatic rings. The number of amides is 2. The zero-order valence-electron chi connectivity index (χ0n) is 19.4. The lowest BCUT2D eigenvalue weighted by Crippen LogP contribution is -2.42. The number of methoxy groups -OCH3 is 1. The third-order valence-corrected chi connectivity index (χ3v) is 7.03. The van der Waals surface area contributed by atoms with Crippen molar-refractivity contribution in [3.05, 3.63) is 24.3 Å². The first-order valence-corrected chi connectivity index (χ1v) is 11.5. The van der Waals surface area contributed by atoms with E-state index in [1.165, 1.54) is 6.42 Å². The summed E-state index contributed by atoms with van der Waals surface area (Å²) in [5.74, 6) is 1.30. The predicted octanol–water partition coefficient (Wildman–Crippen LogP) is 3.88. The molecule has 1 aromatic carbocycles. The van der Waals surface area contributed by atoms with Crippen LogP contribution in [0.2, 0.25) is 0 Å². The quantitative estimate of drug-likeness (QED) is 0.630. The highest BCUT2D eigenvalue weighted by atomic mass is 16.5. The van der Waals surface area contributed by atoms with E-state index < -0.39 is 0 Å². The molecular formula is C25H36N2O4. The van der Waals surface area contributed by atoms with Crippen LogP contribution in [-0.2, 0) is 9.59 Å². The second-order valence-electron chi connectivity index (χ2n) is 10.7. The molecule has 170 valence electrons. The molecule has 2 saturated carbocycles. The van der Waals surface area contributed by atoms with Crippen molar-refractivity contribution in [1.82, 2.24) is 9.80 Å². The third kappa shape index (κ3) is 4.99. The van der Waals surface area contributed by atoms with Crippen molar-refractivity contribution < 1.29 is 19.1 Å². The molecular weight excluding hydrogens is 392 g/mol. The Balaban J connectivity index is 1.33. The van der Waals surface area contributed by atoms with E-state index in [0.717, 1.165) is 32.2 Å². The number of hydrogen-bond donors (Lipinski definition) is 0. The molecule has 0 N–H and O–H groups in total. The number of carbonyl (C=O) groups is 2. The summed E-state index contributed by atoms with van der Waals surface area (Å²) in [6, 6.07) is 7.92. The number of para-hydroxylation sites is 2. The van der Waals surface area contributed by atoms with Crippen LogP contribution >= 0.6 is 0 Å². The van der Waals surface area contributed by atoms with Crippen LogP contribution < -0.4 is 9.47 Å². The topological polar surface area (TPSA) is 59.1 Å². The van der Waals surface area contributed by atoms with E-state index in [9.17, 15) is 9.59 Å². The van der Waals surface area contributed by atoms with Gasteiger partial charge in [0.15, 0.2) is 18.1 Å². The Morgan fingerprint density at radius 3 is 2.52 bits per heavy atom. The highest BCUT2D eigenvalue weighted by molar-refractivity contribution is 5.81. The van der Waals surface area contributed by atoms with Crippen molar-refractivity contribution in [2.75, 3.05) is 26.8 Å². The summed E-state index contributed by atoms with van der Waals surface area (Å²) in [5.41, 5.74) is 0.523. The summed E-state index contributed by atoms with van der Waals surface area (Å²) in [5, 5.41) is 0. The zero-order chi connectivity index (χ0) is 22.2. The van der Waals surface area contributed by atoms with Crippen LogP contribution in [0.5, 0.6) is 11.5 Å². The molecule has 0 spiro atoms. The number of nitrogens with zero attached hydrogens (tertiary/aromatic N) is 2. The Bertz CT molecular complexity index is 835. The van der Waals surface area contributed by atoms with Crippen LogP contribution in [0.1, 0.15) is 59.3 Å². The largest absolute Gasteiger partial charge is 0.493 e. The summed E-state index contributed by atoms with van der Waals surface area (Å²) in [7, 11) is 1.58. The highest BCUT2D eigenvalue weighted by Gasteiger charge is 2.50. The fourth-order valence-corrected chi connectivity index (χ4v) is 5.97. The predicted molar refractivity (Wildman–Crippen MR) is 119 cm³/mol. The molecule has 4 rings (SSSR count). The molecule has 6 heteroatoms. The normalized spacial score (nSPS) is 26.5. The van der Waals surface area contributed by atoms with Crippen LogP contribution in [0, 0.1) is 10.8 Å². The number of fused-ring (bicyclic) bond motifs is 2. The van der Waals surface area contributed by atoms with E-state index in [1.807, 2.05) is 23.1 Å². The van der Waals surface area contributed by atoms with Gasteiger partial charge in [0.1, 0.15) is 0 Å². The van der Waals surface area contributed by atoms with E-state index in [1.54, 1.807) is 13.2 Å². The van der Waals surface area contributed by atoms with Gasteiger partial charge in [-0.2, -0.15) is 0 Å². The minimum absolute atomic E-state index is 0.0380. The SMILES string of the molecule is COc1ccccc1OCC(=O)N(CCC(=O)N1CC2(C)CC1CC(C)(C)C2)C1CC1. The summed E-state index contributed by atoms with van der Waals surface area (Å²) >= 11 is 0. The number of hydrogen-bond acceptors (Lipinski definition) is 4. The molecule has 2 aliphatic carbocycles. The maximum absolute atomic E-state index is 13.1. The molecule has 2 bridgehead atoms. The average Bonchev–Trinajstić information content (AvgIpc) is 3.50. The summed E-state index contributed by atoms with van der Waals surface area (Å²) in [6.07, 6.45) is 5.77. The van der Waals surface area contributed by atoms with Gasteiger partial charge in [0.25, 0.3) is 5.91 Å². The molecule has 2 amide bonds. The molecule has 0 aromatic heterocycles. The van der Waals surface area contributed by atoms with Crippen molar-refractivity contribution >= 4 is 11.8 Å². The van der Waals surface area contributed by atoms with Crippen molar-refractivity contribution in [2.24, 2.45) is 10.8 Å². The average molecular weight is 429 g/mol. The lowest BCUT2D eigenvalue weighted by atomic mass is 9.65.